The Balaban J connectivity index is 1.77. The molecule has 26 heavy (non-hydrogen) atoms. The Hall–Kier alpha value is -2.38. The third-order valence-corrected chi connectivity index (χ3v) is 4.57. The van der Waals surface area contributed by atoms with Crippen molar-refractivity contribution in [2.45, 2.75) is 32.9 Å². The average molecular weight is 366 g/mol. The van der Waals surface area contributed by atoms with Crippen LogP contribution in [0.3, 0.4) is 0 Å². The number of hydrogen-bond donors (Lipinski definition) is 1. The van der Waals surface area contributed by atoms with Crippen molar-refractivity contribution in [2.24, 2.45) is 5.92 Å². The molecule has 0 saturated carbocycles. The van der Waals surface area contributed by atoms with Gasteiger partial charge in [0.05, 0.1) is 17.1 Å². The number of nitrogens with one attached hydrogen (secondary N) is 1. The molecule has 1 aliphatic rings. The quantitative estimate of drug-likeness (QED) is 0.907. The van der Waals surface area contributed by atoms with E-state index in [1.807, 2.05) is 42.3 Å². The number of benzene rings is 1. The number of amides is 1. The van der Waals surface area contributed by atoms with Gasteiger partial charge in [-0.25, -0.2) is 9.97 Å². The smallest absolute Gasteiger partial charge is 0.347 e. The van der Waals surface area contributed by atoms with Gasteiger partial charge in [0.1, 0.15) is 6.54 Å². The molecule has 5 nitrogen and oxygen atoms in total. The van der Waals surface area contributed by atoms with Crippen LogP contribution >= 0.6 is 0 Å². The molecule has 1 saturated heterocycles. The molecule has 1 atom stereocenters. The molecule has 2 aromatic rings. The first kappa shape index (κ1) is 18.4. The molecule has 1 fully saturated rings. The van der Waals surface area contributed by atoms with Crippen LogP contribution in [0.15, 0.2) is 18.2 Å². The molecule has 1 amide bonds. The van der Waals surface area contributed by atoms with Gasteiger partial charge in [0, 0.05) is 18.5 Å². The highest BCUT2D eigenvalue weighted by molar-refractivity contribution is 5.83. The molecule has 0 bridgehead atoms. The molecular weight excluding hydrogens is 345 g/mol. The maximum atomic E-state index is 12.3. The SMILES string of the molecule is Cc1ccc2c(C)nc(N3CCC[C@@H](C(=O)NCC(F)(F)F)C3)nc2c1. The number of fused-ring (bicyclic) bond motifs is 1. The summed E-state index contributed by atoms with van der Waals surface area (Å²) in [4.78, 5) is 23.1. The number of rotatable bonds is 3. The largest absolute Gasteiger partial charge is 0.405 e. The summed E-state index contributed by atoms with van der Waals surface area (Å²) < 4.78 is 36.9. The maximum absolute atomic E-state index is 12.3. The summed E-state index contributed by atoms with van der Waals surface area (Å²) in [5, 5.41) is 2.95. The van der Waals surface area contributed by atoms with Crippen LogP contribution in [-0.4, -0.2) is 41.7 Å². The van der Waals surface area contributed by atoms with Crippen molar-refractivity contribution in [3.8, 4) is 0 Å². The van der Waals surface area contributed by atoms with Crippen LogP contribution in [-0.2, 0) is 4.79 Å². The minimum absolute atomic E-state index is 0.320. The number of carbonyl (C=O) groups is 1. The van der Waals surface area contributed by atoms with E-state index in [1.54, 1.807) is 0 Å². The molecule has 1 aromatic carbocycles. The Bertz CT molecular complexity index is 822. The Kier molecular flexibility index (Phi) is 5.02. The van der Waals surface area contributed by atoms with Crippen molar-refractivity contribution >= 4 is 22.8 Å². The summed E-state index contributed by atoms with van der Waals surface area (Å²) in [6.07, 6.45) is -3.13. The third-order valence-electron chi connectivity index (χ3n) is 4.57. The lowest BCUT2D eigenvalue weighted by Gasteiger charge is -2.32. The predicted octanol–water partition coefficient (Wildman–Crippen LogP) is 3.14. The number of hydrogen-bond acceptors (Lipinski definition) is 4. The van der Waals surface area contributed by atoms with E-state index in [0.717, 1.165) is 22.2 Å². The Labute approximate surface area is 149 Å². The van der Waals surface area contributed by atoms with Gasteiger partial charge >= 0.3 is 6.18 Å². The summed E-state index contributed by atoms with van der Waals surface area (Å²) in [6.45, 7) is 3.59. The number of anilines is 1. The number of nitrogens with zero attached hydrogens (tertiary/aromatic N) is 3. The summed E-state index contributed by atoms with van der Waals surface area (Å²) in [5.74, 6) is -0.544. The van der Waals surface area contributed by atoms with Crippen molar-refractivity contribution in [3.63, 3.8) is 0 Å². The number of carbonyl (C=O) groups excluding carboxylic acids is 1. The van der Waals surface area contributed by atoms with E-state index in [9.17, 15) is 18.0 Å². The van der Waals surface area contributed by atoms with Gasteiger partial charge < -0.3 is 10.2 Å². The fourth-order valence-corrected chi connectivity index (χ4v) is 3.23. The van der Waals surface area contributed by atoms with Gasteiger partial charge in [0.2, 0.25) is 11.9 Å². The minimum Gasteiger partial charge on any atom is -0.347 e. The first-order valence-electron chi connectivity index (χ1n) is 8.57. The third kappa shape index (κ3) is 4.23. The number of piperidine rings is 1. The first-order chi connectivity index (χ1) is 12.2. The summed E-state index contributed by atoms with van der Waals surface area (Å²) in [5.41, 5.74) is 2.76. The van der Waals surface area contributed by atoms with Crippen LogP contribution in [0.25, 0.3) is 10.9 Å². The molecule has 1 N–H and O–H groups in total. The fraction of sp³-hybridized carbons (Fsp3) is 0.500. The van der Waals surface area contributed by atoms with E-state index in [2.05, 4.69) is 9.97 Å². The Morgan fingerprint density at radius 2 is 2.08 bits per heavy atom. The van der Waals surface area contributed by atoms with Gasteiger partial charge in [-0.3, -0.25) is 4.79 Å². The number of alkyl halides is 3. The van der Waals surface area contributed by atoms with Gasteiger partial charge in [0.15, 0.2) is 0 Å². The topological polar surface area (TPSA) is 58.1 Å². The van der Waals surface area contributed by atoms with E-state index in [1.165, 1.54) is 0 Å². The monoisotopic (exact) mass is 366 g/mol. The molecular formula is C18H21F3N4O. The minimum atomic E-state index is -4.40. The second-order valence-electron chi connectivity index (χ2n) is 6.75. The van der Waals surface area contributed by atoms with Crippen molar-refractivity contribution in [3.05, 3.63) is 29.5 Å². The summed E-state index contributed by atoms with van der Waals surface area (Å²) in [7, 11) is 0. The molecule has 0 spiro atoms. The first-order valence-corrected chi connectivity index (χ1v) is 8.57. The highest BCUT2D eigenvalue weighted by Gasteiger charge is 2.32. The Morgan fingerprint density at radius 1 is 1.31 bits per heavy atom. The van der Waals surface area contributed by atoms with Crippen LogP contribution in [0, 0.1) is 19.8 Å². The molecule has 3 rings (SSSR count). The molecule has 140 valence electrons. The zero-order chi connectivity index (χ0) is 18.9. The van der Waals surface area contributed by atoms with Gasteiger partial charge in [-0.15, -0.1) is 0 Å². The van der Waals surface area contributed by atoms with Crippen LogP contribution in [0.5, 0.6) is 0 Å². The maximum Gasteiger partial charge on any atom is 0.405 e. The van der Waals surface area contributed by atoms with Crippen molar-refractivity contribution in [1.29, 1.82) is 0 Å². The zero-order valence-electron chi connectivity index (χ0n) is 14.7. The van der Waals surface area contributed by atoms with Crippen molar-refractivity contribution < 1.29 is 18.0 Å². The number of aromatic nitrogens is 2. The Morgan fingerprint density at radius 3 is 2.81 bits per heavy atom. The standard InChI is InChI=1S/C18H21F3N4O/c1-11-5-6-14-12(2)23-17(24-15(14)8-11)25-7-3-4-13(9-25)16(26)22-10-18(19,20)21/h5-6,8,13H,3-4,7,9-10H2,1-2H3,(H,22,26)/t13-/m1/s1. The van der Waals surface area contributed by atoms with Crippen molar-refractivity contribution in [1.82, 2.24) is 15.3 Å². The molecule has 0 radical (unpaired) electrons. The average Bonchev–Trinajstić information content (AvgIpc) is 2.58. The number of aryl methyl sites for hydroxylation is 2. The second kappa shape index (κ2) is 7.09. The lowest BCUT2D eigenvalue weighted by molar-refractivity contribution is -0.140. The molecule has 8 heteroatoms. The highest BCUT2D eigenvalue weighted by Crippen LogP contribution is 2.25. The van der Waals surface area contributed by atoms with Gasteiger partial charge in [-0.2, -0.15) is 13.2 Å². The van der Waals surface area contributed by atoms with Crippen LogP contribution in [0.1, 0.15) is 24.1 Å². The second-order valence-corrected chi connectivity index (χ2v) is 6.75. The summed E-state index contributed by atoms with van der Waals surface area (Å²) in [6, 6.07) is 5.96. The highest BCUT2D eigenvalue weighted by atomic mass is 19.4. The van der Waals surface area contributed by atoms with E-state index in [4.69, 9.17) is 0 Å². The van der Waals surface area contributed by atoms with Gasteiger partial charge in [-0.05, 0) is 38.3 Å². The molecule has 0 unspecified atom stereocenters. The zero-order valence-corrected chi connectivity index (χ0v) is 14.7. The lowest BCUT2D eigenvalue weighted by atomic mass is 9.97. The van der Waals surface area contributed by atoms with Gasteiger partial charge in [-0.1, -0.05) is 12.1 Å². The van der Waals surface area contributed by atoms with E-state index < -0.39 is 24.5 Å². The molecule has 1 aromatic heterocycles. The fourth-order valence-electron chi connectivity index (χ4n) is 3.23. The lowest BCUT2D eigenvalue weighted by Crippen LogP contribution is -2.45. The van der Waals surface area contributed by atoms with Crippen LogP contribution in [0.4, 0.5) is 19.1 Å². The van der Waals surface area contributed by atoms with Gasteiger partial charge in [0.25, 0.3) is 0 Å². The molecule has 1 aliphatic heterocycles. The van der Waals surface area contributed by atoms with Crippen LogP contribution in [0.2, 0.25) is 0 Å². The normalized spacial score (nSPS) is 18.2. The predicted molar refractivity (Wildman–Crippen MR) is 93.0 cm³/mol. The van der Waals surface area contributed by atoms with E-state index >= 15 is 0 Å². The van der Waals surface area contributed by atoms with E-state index in [0.29, 0.717) is 31.9 Å². The van der Waals surface area contributed by atoms with Crippen LogP contribution < -0.4 is 10.2 Å². The van der Waals surface area contributed by atoms with E-state index in [-0.39, 0.29) is 0 Å². The summed E-state index contributed by atoms with van der Waals surface area (Å²) >= 11 is 0. The van der Waals surface area contributed by atoms with Crippen molar-refractivity contribution in [2.75, 3.05) is 24.5 Å². The molecule has 0 aliphatic carbocycles. The number of halogens is 3. The molecule has 2 heterocycles.